The molecule has 0 saturated heterocycles. The highest BCUT2D eigenvalue weighted by molar-refractivity contribution is 7.59. The normalized spacial score (nSPS) is 16.5. The summed E-state index contributed by atoms with van der Waals surface area (Å²) in [7, 11) is -2.59. The van der Waals surface area contributed by atoms with Crippen LogP contribution in [0.15, 0.2) is 22.8 Å². The van der Waals surface area contributed by atoms with Crippen LogP contribution in [0.2, 0.25) is 0 Å². The molecule has 1 aromatic rings. The fourth-order valence-electron chi connectivity index (χ4n) is 2.02. The van der Waals surface area contributed by atoms with Gasteiger partial charge in [0.25, 0.3) is 7.37 Å². The molecule has 0 aliphatic heterocycles. The van der Waals surface area contributed by atoms with E-state index in [0.29, 0.717) is 4.90 Å². The van der Waals surface area contributed by atoms with E-state index in [9.17, 15) is 24.2 Å². The molecule has 124 valence electrons. The van der Waals surface area contributed by atoms with Crippen molar-refractivity contribution in [3.63, 3.8) is 0 Å². The van der Waals surface area contributed by atoms with Crippen molar-refractivity contribution >= 4 is 19.3 Å². The Kier molecular flexibility index (Phi) is 6.80. The number of nitrogens with one attached hydrogen (secondary N) is 1. The molecule has 0 fully saturated rings. The van der Waals surface area contributed by atoms with Crippen LogP contribution < -0.4 is 10.0 Å². The summed E-state index contributed by atoms with van der Waals surface area (Å²) < 4.78 is 22.1. The maximum atomic E-state index is 12.4. The largest absolute Gasteiger partial charge is 0.549 e. The minimum Gasteiger partial charge on any atom is -0.549 e. The fourth-order valence-corrected chi connectivity index (χ4v) is 3.92. The molecular weight excluding hydrogens is 313 g/mol. The van der Waals surface area contributed by atoms with Gasteiger partial charge in [-0.1, -0.05) is 0 Å². The van der Waals surface area contributed by atoms with Crippen LogP contribution in [0.3, 0.4) is 0 Å². The number of esters is 1. The maximum Gasteiger partial charge on any atom is 0.361 e. The van der Waals surface area contributed by atoms with Gasteiger partial charge >= 0.3 is 5.97 Å². The van der Waals surface area contributed by atoms with Gasteiger partial charge in [0.1, 0.15) is 5.76 Å². The van der Waals surface area contributed by atoms with Crippen molar-refractivity contribution in [2.75, 3.05) is 26.5 Å². The molecule has 0 amide bonds. The summed E-state index contributed by atoms with van der Waals surface area (Å²) in [6.07, 6.45) is 0.725. The van der Waals surface area contributed by atoms with Gasteiger partial charge in [-0.3, -0.25) is 4.57 Å². The van der Waals surface area contributed by atoms with E-state index in [1.165, 1.54) is 19.4 Å². The molecule has 0 aliphatic carbocycles. The summed E-state index contributed by atoms with van der Waals surface area (Å²) in [6.45, 7) is 1.74. The second-order valence-corrected chi connectivity index (χ2v) is 7.42. The van der Waals surface area contributed by atoms with Crippen molar-refractivity contribution in [1.29, 1.82) is 0 Å². The summed E-state index contributed by atoms with van der Waals surface area (Å²) in [5, 5.41) is 11.2. The molecule has 8 nitrogen and oxygen atoms in total. The molecule has 3 atom stereocenters. The monoisotopic (exact) mass is 333 g/mol. The van der Waals surface area contributed by atoms with E-state index in [0.717, 1.165) is 0 Å². The number of likely N-dealkylation sites (N-methyl/N-ethyl adjacent to an activating group) is 1. The minimum absolute atomic E-state index is 0.126. The number of ether oxygens (including phenoxy) is 1. The molecule has 0 radical (unpaired) electrons. The van der Waals surface area contributed by atoms with Gasteiger partial charge in [0.15, 0.2) is 12.8 Å². The quantitative estimate of drug-likeness (QED) is 0.406. The Morgan fingerprint density at radius 3 is 2.73 bits per heavy atom. The third kappa shape index (κ3) is 5.63. The summed E-state index contributed by atoms with van der Waals surface area (Å²) >= 11 is 0. The molecule has 0 bridgehead atoms. The van der Waals surface area contributed by atoms with Crippen LogP contribution in [0.25, 0.3) is 0 Å². The SMILES string of the molecule is CCOC(=O)C[NH+](C)CP(=O)(O)[C@@H](Cc1ccco1)C(=O)[O-]. The molecule has 1 aromatic heterocycles. The number of carboxylic acids is 1. The van der Waals surface area contributed by atoms with E-state index in [4.69, 9.17) is 9.15 Å². The summed E-state index contributed by atoms with van der Waals surface area (Å²) in [5.74, 6) is -1.85. The molecule has 2 unspecified atom stereocenters. The van der Waals surface area contributed by atoms with Crippen LogP contribution in [0.5, 0.6) is 0 Å². The molecule has 0 aromatic carbocycles. The predicted octanol–water partition coefficient (Wildman–Crippen LogP) is -1.75. The van der Waals surface area contributed by atoms with Crippen LogP contribution in [-0.2, 0) is 25.3 Å². The number of rotatable bonds is 9. The van der Waals surface area contributed by atoms with E-state index in [2.05, 4.69) is 0 Å². The zero-order chi connectivity index (χ0) is 16.8. The van der Waals surface area contributed by atoms with Gasteiger partial charge < -0.3 is 28.8 Å². The first-order valence-corrected chi connectivity index (χ1v) is 8.69. The van der Waals surface area contributed by atoms with Gasteiger partial charge in [-0.15, -0.1) is 0 Å². The molecule has 22 heavy (non-hydrogen) atoms. The molecule has 1 rings (SSSR count). The zero-order valence-electron chi connectivity index (χ0n) is 12.5. The minimum atomic E-state index is -4.10. The maximum absolute atomic E-state index is 12.4. The first-order chi connectivity index (χ1) is 10.3. The van der Waals surface area contributed by atoms with Crippen molar-refractivity contribution in [1.82, 2.24) is 0 Å². The second kappa shape index (κ2) is 8.12. The van der Waals surface area contributed by atoms with Gasteiger partial charge in [-0.25, -0.2) is 4.79 Å². The predicted molar refractivity (Wildman–Crippen MR) is 74.3 cm³/mol. The van der Waals surface area contributed by atoms with E-state index in [1.54, 1.807) is 13.0 Å². The van der Waals surface area contributed by atoms with Gasteiger partial charge in [0, 0.05) is 6.42 Å². The summed E-state index contributed by atoms with van der Waals surface area (Å²) in [6, 6.07) is 3.08. The lowest BCUT2D eigenvalue weighted by atomic mass is 10.2. The topological polar surface area (TPSA) is 121 Å². The van der Waals surface area contributed by atoms with Gasteiger partial charge in [0.05, 0.1) is 31.5 Å². The number of carboxylic acid groups (broad SMARTS) is 1. The highest BCUT2D eigenvalue weighted by atomic mass is 31.2. The third-order valence-electron chi connectivity index (χ3n) is 2.98. The molecule has 9 heteroatoms. The number of hydrogen-bond acceptors (Lipinski definition) is 6. The van der Waals surface area contributed by atoms with Gasteiger partial charge in [0.2, 0.25) is 0 Å². The van der Waals surface area contributed by atoms with Crippen LogP contribution in [-0.4, -0.2) is 49.0 Å². The Labute approximate surface area is 128 Å². The summed E-state index contributed by atoms with van der Waals surface area (Å²) in [4.78, 5) is 33.0. The highest BCUT2D eigenvalue weighted by Crippen LogP contribution is 2.45. The fraction of sp³-hybridized carbons (Fsp3) is 0.538. The van der Waals surface area contributed by atoms with E-state index >= 15 is 0 Å². The Bertz CT molecular complexity index is 543. The Hall–Kier alpha value is -1.63. The average molecular weight is 333 g/mol. The Morgan fingerprint density at radius 2 is 2.23 bits per heavy atom. The molecule has 2 N–H and O–H groups in total. The number of furan rings is 1. The van der Waals surface area contributed by atoms with Gasteiger partial charge in [-0.05, 0) is 19.1 Å². The lowest BCUT2D eigenvalue weighted by Crippen LogP contribution is -3.09. The third-order valence-corrected chi connectivity index (χ3v) is 5.34. The lowest BCUT2D eigenvalue weighted by molar-refractivity contribution is -0.860. The highest BCUT2D eigenvalue weighted by Gasteiger charge is 2.36. The molecule has 0 saturated carbocycles. The van der Waals surface area contributed by atoms with Crippen LogP contribution in [0, 0.1) is 0 Å². The number of hydrogen-bond donors (Lipinski definition) is 2. The standard InChI is InChI=1S/C13H20NO7P/c1-3-20-12(15)8-14(2)9-22(18,19)11(13(16)17)7-10-5-4-6-21-10/h4-6,11H,3,7-9H2,1-2H3,(H,16,17)(H,18,19)/t11-/m0/s1. The molecule has 1 heterocycles. The van der Waals surface area contributed by atoms with Crippen molar-refractivity contribution < 1.29 is 38.2 Å². The van der Waals surface area contributed by atoms with E-state index in [-0.39, 0.29) is 31.6 Å². The average Bonchev–Trinajstić information content (AvgIpc) is 2.87. The summed E-state index contributed by atoms with van der Waals surface area (Å²) in [5.41, 5.74) is -1.59. The van der Waals surface area contributed by atoms with Gasteiger partial charge in [-0.2, -0.15) is 0 Å². The number of aliphatic carboxylic acids is 1. The number of carbonyl (C=O) groups is 2. The molecular formula is C13H20NO7P. The van der Waals surface area contributed by atoms with E-state index < -0.39 is 25.0 Å². The number of carbonyl (C=O) groups excluding carboxylic acids is 2. The van der Waals surface area contributed by atoms with E-state index in [1.807, 2.05) is 0 Å². The van der Waals surface area contributed by atoms with Crippen molar-refractivity contribution in [3.8, 4) is 0 Å². The Morgan fingerprint density at radius 1 is 1.55 bits per heavy atom. The van der Waals surface area contributed by atoms with Crippen molar-refractivity contribution in [3.05, 3.63) is 24.2 Å². The molecule has 0 aliphatic rings. The van der Waals surface area contributed by atoms with Crippen molar-refractivity contribution in [2.24, 2.45) is 0 Å². The second-order valence-electron chi connectivity index (χ2n) is 4.97. The van der Waals surface area contributed by atoms with Crippen LogP contribution >= 0.6 is 7.37 Å². The molecule has 0 spiro atoms. The first-order valence-electron chi connectivity index (χ1n) is 6.78. The van der Waals surface area contributed by atoms with Crippen LogP contribution in [0.1, 0.15) is 12.7 Å². The van der Waals surface area contributed by atoms with Crippen molar-refractivity contribution in [2.45, 2.75) is 19.0 Å². The zero-order valence-corrected chi connectivity index (χ0v) is 13.4. The smallest absolute Gasteiger partial charge is 0.361 e. The number of quaternary nitrogens is 1. The Balaban J connectivity index is 2.73. The first kappa shape index (κ1) is 18.4. The van der Waals surface area contributed by atoms with Crippen LogP contribution in [0.4, 0.5) is 0 Å². The lowest BCUT2D eigenvalue weighted by Gasteiger charge is -2.25.